The summed E-state index contributed by atoms with van der Waals surface area (Å²) in [4.78, 5) is 24.3. The zero-order valence-corrected chi connectivity index (χ0v) is 17.6. The highest BCUT2D eigenvalue weighted by atomic mass is 16.5. The molecule has 1 saturated heterocycles. The summed E-state index contributed by atoms with van der Waals surface area (Å²) < 4.78 is 5.47. The van der Waals surface area contributed by atoms with Crippen molar-refractivity contribution in [3.05, 3.63) is 23.8 Å². The van der Waals surface area contributed by atoms with Gasteiger partial charge in [-0.1, -0.05) is 39.0 Å². The van der Waals surface area contributed by atoms with Gasteiger partial charge in [0, 0.05) is 18.8 Å². The first-order chi connectivity index (χ1) is 13.4. The normalized spacial score (nSPS) is 36.3. The number of cyclic esters (lactones) is 1. The first kappa shape index (κ1) is 21.3. The van der Waals surface area contributed by atoms with Crippen LogP contribution in [-0.2, 0) is 14.3 Å². The van der Waals surface area contributed by atoms with Crippen LogP contribution in [0, 0.1) is 29.6 Å². The zero-order valence-electron chi connectivity index (χ0n) is 17.6. The number of aliphatic hydroxyl groups is 1. The van der Waals surface area contributed by atoms with Crippen molar-refractivity contribution in [3.63, 3.8) is 0 Å². The highest BCUT2D eigenvalue weighted by Crippen LogP contribution is 2.47. The highest BCUT2D eigenvalue weighted by molar-refractivity contribution is 5.81. The molecule has 4 nitrogen and oxygen atoms in total. The molecule has 0 saturated carbocycles. The lowest BCUT2D eigenvalue weighted by Crippen LogP contribution is -2.37. The molecule has 1 fully saturated rings. The fraction of sp³-hybridized carbons (Fsp3) is 0.750. The van der Waals surface area contributed by atoms with E-state index in [2.05, 4.69) is 32.1 Å². The Labute approximate surface area is 169 Å². The molecule has 0 aromatic carbocycles. The molecule has 1 heterocycles. The van der Waals surface area contributed by atoms with Gasteiger partial charge in [-0.2, -0.15) is 0 Å². The predicted octanol–water partition coefficient (Wildman–Crippen LogP) is 4.61. The van der Waals surface area contributed by atoms with Gasteiger partial charge in [-0.15, -0.1) is 0 Å². The molecule has 2 aliphatic carbocycles. The second-order valence-corrected chi connectivity index (χ2v) is 9.21. The lowest BCUT2D eigenvalue weighted by molar-refractivity contribution is -0.160. The van der Waals surface area contributed by atoms with Gasteiger partial charge in [0.2, 0.25) is 0 Å². The van der Waals surface area contributed by atoms with E-state index in [1.54, 1.807) is 0 Å². The first-order valence-corrected chi connectivity index (χ1v) is 11.2. The van der Waals surface area contributed by atoms with E-state index in [0.717, 1.165) is 32.1 Å². The van der Waals surface area contributed by atoms with Crippen molar-refractivity contribution < 1.29 is 19.4 Å². The van der Waals surface area contributed by atoms with Gasteiger partial charge in [0.05, 0.1) is 12.5 Å². The molecule has 156 valence electrons. The SMILES string of the molecule is CC[C@H](C)C(=O)C[C@H]1CCC=C2C=C[C@H](C)C(CCC3C[C@@H](O)CC(=O)O3)[C@H]21. The maximum Gasteiger partial charge on any atom is 0.308 e. The summed E-state index contributed by atoms with van der Waals surface area (Å²) in [5.74, 6) is 2.02. The van der Waals surface area contributed by atoms with Gasteiger partial charge in [0.15, 0.2) is 0 Å². The lowest BCUT2D eigenvalue weighted by Gasteiger charge is -2.43. The Hall–Kier alpha value is -1.42. The number of carbonyl (C=O) groups excluding carboxylic acids is 2. The van der Waals surface area contributed by atoms with Gasteiger partial charge in [-0.25, -0.2) is 0 Å². The topological polar surface area (TPSA) is 63.6 Å². The molecule has 3 rings (SSSR count). The largest absolute Gasteiger partial charge is 0.462 e. The minimum absolute atomic E-state index is 0.119. The van der Waals surface area contributed by atoms with E-state index in [9.17, 15) is 14.7 Å². The Morgan fingerprint density at radius 2 is 2.14 bits per heavy atom. The molecular weight excluding hydrogens is 352 g/mol. The summed E-state index contributed by atoms with van der Waals surface area (Å²) in [6.45, 7) is 6.40. The molecule has 28 heavy (non-hydrogen) atoms. The van der Waals surface area contributed by atoms with Crippen LogP contribution in [0.25, 0.3) is 0 Å². The quantitative estimate of drug-likeness (QED) is 0.647. The molecule has 3 aliphatic rings. The van der Waals surface area contributed by atoms with Gasteiger partial charge < -0.3 is 9.84 Å². The number of ketones is 1. The molecule has 0 spiro atoms. The summed E-state index contributed by atoms with van der Waals surface area (Å²) in [5.41, 5.74) is 1.40. The number of rotatable bonds is 7. The van der Waals surface area contributed by atoms with Crippen molar-refractivity contribution in [2.24, 2.45) is 29.6 Å². The Morgan fingerprint density at radius 3 is 2.86 bits per heavy atom. The Balaban J connectivity index is 1.70. The third-order valence-corrected chi connectivity index (χ3v) is 7.22. The average molecular weight is 389 g/mol. The maximum absolute atomic E-state index is 12.7. The second-order valence-electron chi connectivity index (χ2n) is 9.21. The van der Waals surface area contributed by atoms with Crippen LogP contribution in [0.5, 0.6) is 0 Å². The van der Waals surface area contributed by atoms with Gasteiger partial charge in [0.25, 0.3) is 0 Å². The number of hydrogen-bond donors (Lipinski definition) is 1. The molecule has 0 amide bonds. The van der Waals surface area contributed by atoms with Gasteiger partial charge in [-0.3, -0.25) is 9.59 Å². The number of hydrogen-bond acceptors (Lipinski definition) is 4. The summed E-state index contributed by atoms with van der Waals surface area (Å²) in [5, 5.41) is 9.88. The second kappa shape index (κ2) is 9.39. The Morgan fingerprint density at radius 1 is 1.36 bits per heavy atom. The summed E-state index contributed by atoms with van der Waals surface area (Å²) >= 11 is 0. The Kier molecular flexibility index (Phi) is 7.14. The number of fused-ring (bicyclic) bond motifs is 1. The third kappa shape index (κ3) is 4.94. The van der Waals surface area contributed by atoms with Gasteiger partial charge >= 0.3 is 5.97 Å². The van der Waals surface area contributed by atoms with Gasteiger partial charge in [0.1, 0.15) is 11.9 Å². The van der Waals surface area contributed by atoms with E-state index < -0.39 is 6.10 Å². The molecular formula is C24H36O4. The monoisotopic (exact) mass is 388 g/mol. The minimum atomic E-state index is -0.569. The molecule has 0 aromatic heterocycles. The van der Waals surface area contributed by atoms with Crippen molar-refractivity contribution in [2.75, 3.05) is 0 Å². The van der Waals surface area contributed by atoms with Gasteiger partial charge in [-0.05, 0) is 61.3 Å². The summed E-state index contributed by atoms with van der Waals surface area (Å²) in [6, 6.07) is 0. The fourth-order valence-corrected chi connectivity index (χ4v) is 5.34. The van der Waals surface area contributed by atoms with Crippen LogP contribution in [0.4, 0.5) is 0 Å². The van der Waals surface area contributed by atoms with Crippen LogP contribution in [-0.4, -0.2) is 29.1 Å². The maximum atomic E-state index is 12.7. The first-order valence-electron chi connectivity index (χ1n) is 11.2. The molecule has 0 bridgehead atoms. The van der Waals surface area contributed by atoms with Crippen molar-refractivity contribution in [1.82, 2.24) is 0 Å². The number of Topliss-reactive ketones (excluding diaryl/α,β-unsaturated/α-hetero) is 1. The van der Waals surface area contributed by atoms with E-state index in [0.29, 0.717) is 42.3 Å². The molecule has 0 aromatic rings. The average Bonchev–Trinajstić information content (AvgIpc) is 2.66. The van der Waals surface area contributed by atoms with Crippen LogP contribution in [0.1, 0.15) is 72.1 Å². The van der Waals surface area contributed by atoms with E-state index in [4.69, 9.17) is 4.74 Å². The highest BCUT2D eigenvalue weighted by Gasteiger charge is 2.39. The molecule has 7 atom stereocenters. The summed E-state index contributed by atoms with van der Waals surface area (Å²) in [6.07, 6.45) is 12.4. The standard InChI is InChI=1S/C24H36O4/c1-4-15(2)22(26)12-18-7-5-6-17-9-8-16(3)21(24(17)18)11-10-20-13-19(25)14-23(27)28-20/h6,8-9,15-16,18-21,24-25H,4-5,7,10-14H2,1-3H3/t15-,16-,18+,19+,20?,21?,24+/m0/s1. The molecule has 4 heteroatoms. The van der Waals surface area contributed by atoms with Crippen LogP contribution in [0.3, 0.4) is 0 Å². The van der Waals surface area contributed by atoms with E-state index in [1.165, 1.54) is 5.57 Å². The van der Waals surface area contributed by atoms with Crippen molar-refractivity contribution in [2.45, 2.75) is 84.3 Å². The van der Waals surface area contributed by atoms with Crippen LogP contribution < -0.4 is 0 Å². The van der Waals surface area contributed by atoms with Crippen LogP contribution >= 0.6 is 0 Å². The smallest absolute Gasteiger partial charge is 0.308 e. The third-order valence-electron chi connectivity index (χ3n) is 7.22. The lowest BCUT2D eigenvalue weighted by atomic mass is 9.62. The van der Waals surface area contributed by atoms with E-state index in [1.807, 2.05) is 6.92 Å². The molecule has 2 unspecified atom stereocenters. The zero-order chi connectivity index (χ0) is 20.3. The molecule has 0 radical (unpaired) electrons. The van der Waals surface area contributed by atoms with Crippen LogP contribution in [0.2, 0.25) is 0 Å². The molecule has 1 N–H and O–H groups in total. The fourth-order valence-electron chi connectivity index (χ4n) is 5.34. The van der Waals surface area contributed by atoms with E-state index >= 15 is 0 Å². The molecule has 1 aliphatic heterocycles. The minimum Gasteiger partial charge on any atom is -0.462 e. The number of carbonyl (C=O) groups is 2. The summed E-state index contributed by atoms with van der Waals surface area (Å²) in [7, 11) is 0. The predicted molar refractivity (Wildman–Crippen MR) is 110 cm³/mol. The van der Waals surface area contributed by atoms with Crippen LogP contribution in [0.15, 0.2) is 23.8 Å². The number of allylic oxidation sites excluding steroid dienone is 4. The van der Waals surface area contributed by atoms with Crippen molar-refractivity contribution in [1.29, 1.82) is 0 Å². The van der Waals surface area contributed by atoms with E-state index in [-0.39, 0.29) is 24.4 Å². The van der Waals surface area contributed by atoms with Crippen molar-refractivity contribution in [3.8, 4) is 0 Å². The van der Waals surface area contributed by atoms with Crippen molar-refractivity contribution >= 4 is 11.8 Å². The number of aliphatic hydroxyl groups excluding tert-OH is 1. The number of ether oxygens (including phenoxy) is 1. The number of esters is 1. The Bertz CT molecular complexity index is 635.